The molecule has 0 heterocycles. The second-order valence-corrected chi connectivity index (χ2v) is 15.6. The van der Waals surface area contributed by atoms with Crippen LogP contribution in [0.25, 0.3) is 0 Å². The lowest BCUT2D eigenvalue weighted by Gasteiger charge is -2.34. The smallest absolute Gasteiger partial charge is 0.303 e. The minimum Gasteiger partial charge on any atom is -0.481 e. The quantitative estimate of drug-likeness (QED) is 0.0214. The first-order chi connectivity index (χ1) is 25.7. The fourth-order valence-electron chi connectivity index (χ4n) is 6.19. The highest BCUT2D eigenvalue weighted by Gasteiger charge is 2.39. The van der Waals surface area contributed by atoms with Gasteiger partial charge in [-0.1, -0.05) is 50.7 Å². The Hall–Kier alpha value is -3.86. The van der Waals surface area contributed by atoms with E-state index in [1.807, 2.05) is 12.2 Å². The zero-order valence-electron chi connectivity index (χ0n) is 33.3. The number of nitrogens with one attached hydrogen (secondary N) is 3. The second-order valence-electron chi connectivity index (χ2n) is 15.6. The highest BCUT2D eigenvalue weighted by molar-refractivity contribution is 6.42. The number of carbonyl (C=O) groups excluding carboxylic acids is 7. The third-order valence-electron chi connectivity index (χ3n) is 10.5. The van der Waals surface area contributed by atoms with Gasteiger partial charge in [0.1, 0.15) is 6.04 Å². The molecule has 0 saturated heterocycles. The minimum atomic E-state index is -1.38. The fraction of sp³-hybridized carbons (Fsp3) is 0.744. The Morgan fingerprint density at radius 2 is 1.44 bits per heavy atom. The molecule has 3 amide bonds. The van der Waals surface area contributed by atoms with Crippen LogP contribution in [0.3, 0.4) is 0 Å². The van der Waals surface area contributed by atoms with Crippen molar-refractivity contribution >= 4 is 46.8 Å². The van der Waals surface area contributed by atoms with Gasteiger partial charge in [-0.3, -0.25) is 38.4 Å². The van der Waals surface area contributed by atoms with E-state index in [1.54, 1.807) is 20.9 Å². The second kappa shape index (κ2) is 24.6. The molecular weight excluding hydrogens is 710 g/mol. The number of hydrogen-bond acceptors (Lipinski definition) is 12. The van der Waals surface area contributed by atoms with Gasteiger partial charge in [-0.15, -0.1) is 0 Å². The molecule has 1 rings (SSSR count). The van der Waals surface area contributed by atoms with Crippen molar-refractivity contribution in [2.45, 2.75) is 172 Å². The van der Waals surface area contributed by atoms with E-state index in [-0.39, 0.29) is 50.2 Å². The van der Waals surface area contributed by atoms with Crippen molar-refractivity contribution < 1.29 is 43.5 Å². The number of amides is 3. The number of carboxylic acids is 1. The molecule has 0 bridgehead atoms. The largest absolute Gasteiger partial charge is 0.481 e. The normalized spacial score (nSPS) is 17.4. The van der Waals surface area contributed by atoms with E-state index < -0.39 is 76.3 Å². The molecule has 0 aromatic heterocycles. The maximum atomic E-state index is 13.7. The molecule has 16 nitrogen and oxygen atoms in total. The van der Waals surface area contributed by atoms with Crippen LogP contribution in [0.5, 0.6) is 0 Å². The van der Waals surface area contributed by atoms with Crippen LogP contribution in [0.2, 0.25) is 0 Å². The van der Waals surface area contributed by atoms with Crippen LogP contribution in [-0.2, 0) is 38.4 Å². The molecule has 0 aliphatic heterocycles. The Morgan fingerprint density at radius 1 is 0.836 bits per heavy atom. The van der Waals surface area contributed by atoms with E-state index in [4.69, 9.17) is 28.0 Å². The Bertz CT molecular complexity index is 1360. The molecule has 6 atom stereocenters. The number of primary amides is 1. The minimum absolute atomic E-state index is 0.0311. The summed E-state index contributed by atoms with van der Waals surface area (Å²) in [7, 11) is 1.62. The lowest BCUT2D eigenvalue weighted by molar-refractivity contribution is -0.141. The summed E-state index contributed by atoms with van der Waals surface area (Å²) in [4.78, 5) is 99.8. The van der Waals surface area contributed by atoms with E-state index >= 15 is 0 Å². The summed E-state index contributed by atoms with van der Waals surface area (Å²) >= 11 is 0. The molecule has 12 N–H and O–H groups in total. The van der Waals surface area contributed by atoms with E-state index in [9.17, 15) is 38.4 Å². The standard InChI is InChI=1S/C39H67N7O9/c1-25(44-4)30(47)24-31(48)39(3,46-37(55)29(23-26-15-14-16-26)45-36(54)28(41)17-19-32(42)49)22-13-11-9-7-5-6-8-10-12-21-38(2,43)35(53)34(52)27(40)18-20-33(50)51/h7,9,25-29,44H,5-6,8,10-24,40-41,43H2,1-4H3,(H2,42,49)(H,45,54)(H,46,55)(H,50,51)/b9-7+/t25-,27-,28-,29-,38+,39-/m0/s1. The number of carboxylic acid groups (broad SMARTS) is 1. The van der Waals surface area contributed by atoms with Crippen LogP contribution in [0, 0.1) is 5.92 Å². The fourth-order valence-corrected chi connectivity index (χ4v) is 6.19. The van der Waals surface area contributed by atoms with Gasteiger partial charge in [0.2, 0.25) is 29.3 Å². The first-order valence-electron chi connectivity index (χ1n) is 19.6. The Morgan fingerprint density at radius 3 is 2.00 bits per heavy atom. The molecular formula is C39H67N7O9. The van der Waals surface area contributed by atoms with Crippen molar-refractivity contribution in [3.8, 4) is 0 Å². The molecule has 1 aliphatic rings. The van der Waals surface area contributed by atoms with Gasteiger partial charge in [0, 0.05) is 12.8 Å². The maximum absolute atomic E-state index is 13.7. The summed E-state index contributed by atoms with van der Waals surface area (Å²) in [6.45, 7) is 4.76. The van der Waals surface area contributed by atoms with Gasteiger partial charge in [0.15, 0.2) is 11.6 Å². The molecule has 0 aromatic rings. The maximum Gasteiger partial charge on any atom is 0.303 e. The first-order valence-corrected chi connectivity index (χ1v) is 19.6. The number of hydrogen-bond donors (Lipinski definition) is 8. The van der Waals surface area contributed by atoms with Crippen molar-refractivity contribution in [2.75, 3.05) is 7.05 Å². The van der Waals surface area contributed by atoms with Gasteiger partial charge in [0.25, 0.3) is 0 Å². The highest BCUT2D eigenvalue weighted by Crippen LogP contribution is 2.31. The molecule has 1 aliphatic carbocycles. The molecule has 1 saturated carbocycles. The van der Waals surface area contributed by atoms with E-state index in [0.29, 0.717) is 32.1 Å². The number of likely N-dealkylation sites (N-methyl/N-ethyl adjacent to an activating group) is 1. The average molecular weight is 778 g/mol. The average Bonchev–Trinajstić information content (AvgIpc) is 3.11. The Labute approximate surface area is 325 Å². The number of unbranched alkanes of at least 4 members (excludes halogenated alkanes) is 5. The molecule has 16 heteroatoms. The van der Waals surface area contributed by atoms with Crippen LogP contribution in [-0.4, -0.2) is 94.2 Å². The van der Waals surface area contributed by atoms with Crippen molar-refractivity contribution in [3.05, 3.63) is 12.2 Å². The summed E-state index contributed by atoms with van der Waals surface area (Å²) in [5, 5.41) is 17.2. The Kier molecular flexibility index (Phi) is 22.0. The van der Waals surface area contributed by atoms with E-state index in [0.717, 1.165) is 44.9 Å². The highest BCUT2D eigenvalue weighted by atomic mass is 16.4. The van der Waals surface area contributed by atoms with Crippen LogP contribution in [0.1, 0.15) is 136 Å². The number of rotatable bonds is 31. The molecule has 0 aromatic carbocycles. The third-order valence-corrected chi connectivity index (χ3v) is 10.5. The number of allylic oxidation sites excluding steroid dienone is 2. The van der Waals surface area contributed by atoms with Gasteiger partial charge < -0.3 is 44.0 Å². The van der Waals surface area contributed by atoms with Gasteiger partial charge in [-0.05, 0) is 91.5 Å². The third kappa shape index (κ3) is 18.6. The number of nitrogens with two attached hydrogens (primary N) is 4. The summed E-state index contributed by atoms with van der Waals surface area (Å²) in [6, 6.07) is -3.73. The van der Waals surface area contributed by atoms with E-state index in [2.05, 4.69) is 16.0 Å². The van der Waals surface area contributed by atoms with Gasteiger partial charge in [-0.2, -0.15) is 0 Å². The Balaban J connectivity index is 2.74. The number of ketones is 4. The van der Waals surface area contributed by atoms with Gasteiger partial charge in [0.05, 0.1) is 35.6 Å². The van der Waals surface area contributed by atoms with Gasteiger partial charge >= 0.3 is 5.97 Å². The zero-order valence-corrected chi connectivity index (χ0v) is 33.3. The van der Waals surface area contributed by atoms with Crippen molar-refractivity contribution in [1.82, 2.24) is 16.0 Å². The van der Waals surface area contributed by atoms with Crippen molar-refractivity contribution in [3.63, 3.8) is 0 Å². The first kappa shape index (κ1) is 49.2. The monoisotopic (exact) mass is 778 g/mol. The summed E-state index contributed by atoms with van der Waals surface area (Å²) in [6.07, 6.45) is 12.1. The molecule has 0 radical (unpaired) electrons. The van der Waals surface area contributed by atoms with Crippen LogP contribution >= 0.6 is 0 Å². The van der Waals surface area contributed by atoms with Crippen LogP contribution in [0.4, 0.5) is 0 Å². The predicted molar refractivity (Wildman–Crippen MR) is 208 cm³/mol. The van der Waals surface area contributed by atoms with E-state index in [1.165, 1.54) is 6.92 Å². The molecule has 55 heavy (non-hydrogen) atoms. The number of Topliss-reactive ketones (excluding diaryl/α,β-unsaturated/α-hetero) is 4. The van der Waals surface area contributed by atoms with Crippen LogP contribution < -0.4 is 38.9 Å². The molecule has 0 spiro atoms. The molecule has 0 unspecified atom stereocenters. The summed E-state index contributed by atoms with van der Waals surface area (Å²) < 4.78 is 0. The number of aliphatic carboxylic acids is 1. The molecule has 312 valence electrons. The zero-order chi connectivity index (χ0) is 41.8. The number of carbonyl (C=O) groups is 8. The topological polar surface area (TPSA) is 297 Å². The van der Waals surface area contributed by atoms with Crippen LogP contribution in [0.15, 0.2) is 12.2 Å². The SMILES string of the molecule is CN[C@@H](C)C(=O)CC(=O)[C@](C)(CCC/C=C/CCCCCC[C@@](C)(N)C(=O)C(=O)[C@@H](N)CCC(=O)O)NC(=O)[C@H](CC1CCC1)NC(=O)[C@@H](N)CCC(N)=O. The summed E-state index contributed by atoms with van der Waals surface area (Å²) in [5.74, 6) is -4.96. The predicted octanol–water partition coefficient (Wildman–Crippen LogP) is 1.38. The van der Waals surface area contributed by atoms with Crippen molar-refractivity contribution in [1.29, 1.82) is 0 Å². The lowest BCUT2D eigenvalue weighted by atomic mass is 9.80. The van der Waals surface area contributed by atoms with Crippen molar-refractivity contribution in [2.24, 2.45) is 28.9 Å². The van der Waals surface area contributed by atoms with Gasteiger partial charge in [-0.25, -0.2) is 0 Å². The summed E-state index contributed by atoms with van der Waals surface area (Å²) in [5.41, 5.74) is 20.2. The molecule has 1 fully saturated rings. The lowest BCUT2D eigenvalue weighted by Crippen LogP contribution is -2.60.